The fourth-order valence-electron chi connectivity index (χ4n) is 5.59. The van der Waals surface area contributed by atoms with Crippen LogP contribution in [0, 0.1) is 13.8 Å². The molecule has 1 aromatic heterocycles. The number of carbonyl (C=O) groups is 3. The van der Waals surface area contributed by atoms with Gasteiger partial charge >= 0.3 is 0 Å². The summed E-state index contributed by atoms with van der Waals surface area (Å²) in [6.45, 7) is 7.07. The molecule has 1 fully saturated rings. The summed E-state index contributed by atoms with van der Waals surface area (Å²) in [4.78, 5) is 42.9. The Labute approximate surface area is 245 Å². The first-order chi connectivity index (χ1) is 20.3. The number of amides is 3. The van der Waals surface area contributed by atoms with E-state index in [0.29, 0.717) is 57.0 Å². The molecule has 10 heteroatoms. The zero-order chi connectivity index (χ0) is 29.6. The molecular formula is C32H38N4O6. The van der Waals surface area contributed by atoms with Crippen LogP contribution in [0.3, 0.4) is 0 Å². The zero-order valence-electron chi connectivity index (χ0n) is 24.4. The van der Waals surface area contributed by atoms with Crippen molar-refractivity contribution in [2.75, 3.05) is 26.2 Å². The number of hydrogen-bond donors (Lipinski definition) is 1. The summed E-state index contributed by atoms with van der Waals surface area (Å²) in [6.07, 6.45) is 1.28. The van der Waals surface area contributed by atoms with Gasteiger partial charge in [0.05, 0.1) is 37.4 Å². The number of rotatable bonds is 4. The highest BCUT2D eigenvalue weighted by Gasteiger charge is 2.34. The van der Waals surface area contributed by atoms with E-state index in [0.717, 1.165) is 28.1 Å². The van der Waals surface area contributed by atoms with Crippen molar-refractivity contribution in [3.63, 3.8) is 0 Å². The summed E-state index contributed by atoms with van der Waals surface area (Å²) in [5.41, 5.74) is 3.49. The van der Waals surface area contributed by atoms with E-state index in [1.165, 1.54) is 4.90 Å². The van der Waals surface area contributed by atoms with E-state index < -0.39 is 6.04 Å². The lowest BCUT2D eigenvalue weighted by atomic mass is 10.00. The number of hydrogen-bond acceptors (Lipinski definition) is 7. The molecule has 0 aliphatic carbocycles. The highest BCUT2D eigenvalue weighted by atomic mass is 16.5. The average molecular weight is 575 g/mol. The Bertz CT molecular complexity index is 1420. The smallest absolute Gasteiger partial charge is 0.239 e. The second-order valence-electron chi connectivity index (χ2n) is 10.9. The number of benzene rings is 2. The highest BCUT2D eigenvalue weighted by molar-refractivity contribution is 5.86. The van der Waals surface area contributed by atoms with Gasteiger partial charge in [0.2, 0.25) is 17.7 Å². The van der Waals surface area contributed by atoms with Crippen LogP contribution in [-0.2, 0) is 38.6 Å². The van der Waals surface area contributed by atoms with Crippen molar-refractivity contribution in [1.29, 1.82) is 0 Å². The molecule has 222 valence electrons. The molecular weight excluding hydrogens is 536 g/mol. The predicted octanol–water partition coefficient (Wildman–Crippen LogP) is 3.72. The van der Waals surface area contributed by atoms with Crippen LogP contribution in [0.25, 0.3) is 0 Å². The average Bonchev–Trinajstić information content (AvgIpc) is 3.30. The molecule has 10 nitrogen and oxygen atoms in total. The van der Waals surface area contributed by atoms with E-state index in [-0.39, 0.29) is 36.8 Å². The van der Waals surface area contributed by atoms with Crippen LogP contribution in [0.1, 0.15) is 47.9 Å². The van der Waals surface area contributed by atoms with Gasteiger partial charge in [-0.25, -0.2) is 0 Å². The van der Waals surface area contributed by atoms with E-state index >= 15 is 0 Å². The number of piperidine rings is 1. The second kappa shape index (κ2) is 13.2. The molecule has 42 heavy (non-hydrogen) atoms. The molecule has 0 saturated carbocycles. The largest absolute Gasteiger partial charge is 0.457 e. The third-order valence-electron chi connectivity index (χ3n) is 7.94. The number of fused-ring (bicyclic) bond motifs is 5. The van der Waals surface area contributed by atoms with Crippen molar-refractivity contribution < 1.29 is 28.4 Å². The minimum atomic E-state index is -0.423. The van der Waals surface area contributed by atoms with Crippen molar-refractivity contribution in [3.05, 3.63) is 76.7 Å². The molecule has 2 aliphatic rings. The van der Waals surface area contributed by atoms with Crippen LogP contribution >= 0.6 is 0 Å². The number of ether oxygens (including phenoxy) is 2. The van der Waals surface area contributed by atoms with Crippen molar-refractivity contribution in [3.8, 4) is 11.5 Å². The van der Waals surface area contributed by atoms with E-state index in [2.05, 4.69) is 10.5 Å². The molecule has 0 unspecified atom stereocenters. The quantitative estimate of drug-likeness (QED) is 0.505. The maximum Gasteiger partial charge on any atom is 0.239 e. The van der Waals surface area contributed by atoms with Crippen LogP contribution in [0.2, 0.25) is 0 Å². The molecule has 1 N–H and O–H groups in total. The Kier molecular flexibility index (Phi) is 9.22. The van der Waals surface area contributed by atoms with Gasteiger partial charge in [-0.05, 0) is 69.0 Å². The lowest BCUT2D eigenvalue weighted by Gasteiger charge is -2.39. The number of nitrogens with zero attached hydrogens (tertiary/aromatic N) is 3. The lowest BCUT2D eigenvalue weighted by Crippen LogP contribution is -2.58. The van der Waals surface area contributed by atoms with Crippen LogP contribution in [0.5, 0.6) is 11.5 Å². The molecule has 3 amide bonds. The Balaban J connectivity index is 1.34. The molecule has 1 saturated heterocycles. The summed E-state index contributed by atoms with van der Waals surface area (Å²) in [6, 6.07) is 14.7. The van der Waals surface area contributed by atoms with E-state index in [1.807, 2.05) is 69.3 Å². The molecule has 4 bridgehead atoms. The molecule has 2 aliphatic heterocycles. The summed E-state index contributed by atoms with van der Waals surface area (Å²) in [5.74, 6) is 1.60. The number of carbonyl (C=O) groups excluding carboxylic acids is 3. The first-order valence-corrected chi connectivity index (χ1v) is 14.5. The van der Waals surface area contributed by atoms with Crippen LogP contribution < -0.4 is 10.1 Å². The molecule has 3 aromatic rings. The van der Waals surface area contributed by atoms with Gasteiger partial charge in [-0.3, -0.25) is 14.4 Å². The fourth-order valence-corrected chi connectivity index (χ4v) is 5.59. The standard InChI is InChI=1S/C32H38N4O6/c1-4-35-19-30(37)33-28-18-36(31(38)12-11-27-21(2)34-42-22(27)3)14-13-29(28)40-20-24-8-6-10-26(16-24)41-25-9-5-7-23(15-25)17-32(35)39/h5-10,15-16,28-29H,4,11-14,17-20H2,1-3H3,(H,33,37)/t28-,29-/m0/s1. The Morgan fingerprint density at radius 3 is 2.52 bits per heavy atom. The van der Waals surface area contributed by atoms with E-state index in [4.69, 9.17) is 14.0 Å². The van der Waals surface area contributed by atoms with Crippen LogP contribution in [-0.4, -0.2) is 71.0 Å². The maximum atomic E-state index is 13.3. The normalized spacial score (nSPS) is 19.9. The van der Waals surface area contributed by atoms with Crippen molar-refractivity contribution in [2.24, 2.45) is 0 Å². The highest BCUT2D eigenvalue weighted by Crippen LogP contribution is 2.25. The lowest BCUT2D eigenvalue weighted by molar-refractivity contribution is -0.139. The van der Waals surface area contributed by atoms with Gasteiger partial charge in [-0.15, -0.1) is 0 Å². The minimum absolute atomic E-state index is 0.00283. The van der Waals surface area contributed by atoms with Crippen molar-refractivity contribution in [1.82, 2.24) is 20.3 Å². The monoisotopic (exact) mass is 574 g/mol. The molecule has 3 heterocycles. The van der Waals surface area contributed by atoms with Gasteiger partial charge in [0.25, 0.3) is 0 Å². The molecule has 2 atom stereocenters. The first kappa shape index (κ1) is 29.3. The van der Waals surface area contributed by atoms with Crippen LogP contribution in [0.15, 0.2) is 53.1 Å². The molecule has 2 aromatic carbocycles. The Morgan fingerprint density at radius 1 is 1.07 bits per heavy atom. The topological polar surface area (TPSA) is 114 Å². The first-order valence-electron chi connectivity index (χ1n) is 14.5. The predicted molar refractivity (Wildman–Crippen MR) is 155 cm³/mol. The molecule has 5 rings (SSSR count). The third kappa shape index (κ3) is 7.17. The van der Waals surface area contributed by atoms with Crippen LogP contribution in [0.4, 0.5) is 0 Å². The minimum Gasteiger partial charge on any atom is -0.457 e. The fraction of sp³-hybridized carbons (Fsp3) is 0.438. The van der Waals surface area contributed by atoms with Crippen molar-refractivity contribution in [2.45, 2.75) is 65.2 Å². The van der Waals surface area contributed by atoms with E-state index in [9.17, 15) is 14.4 Å². The molecule has 0 spiro atoms. The third-order valence-corrected chi connectivity index (χ3v) is 7.94. The Hall–Kier alpha value is -4.18. The summed E-state index contributed by atoms with van der Waals surface area (Å²) < 4.78 is 17.7. The SMILES string of the molecule is CCN1CC(=O)N[C@H]2CN(C(=O)CCc3c(C)noc3C)CC[C@@H]2OCc2cccc(c2)Oc2cccc(c2)CC1=O. The van der Waals surface area contributed by atoms with Gasteiger partial charge in [0, 0.05) is 31.6 Å². The summed E-state index contributed by atoms with van der Waals surface area (Å²) in [7, 11) is 0. The number of likely N-dealkylation sites (tertiary alicyclic amines) is 1. The van der Waals surface area contributed by atoms with Gasteiger partial charge in [0.1, 0.15) is 17.3 Å². The second-order valence-corrected chi connectivity index (χ2v) is 10.9. The Morgan fingerprint density at radius 2 is 1.81 bits per heavy atom. The summed E-state index contributed by atoms with van der Waals surface area (Å²) in [5, 5.41) is 7.06. The van der Waals surface area contributed by atoms with Gasteiger partial charge in [-0.1, -0.05) is 29.4 Å². The summed E-state index contributed by atoms with van der Waals surface area (Å²) >= 11 is 0. The maximum absolute atomic E-state index is 13.3. The van der Waals surface area contributed by atoms with Gasteiger partial charge in [-0.2, -0.15) is 0 Å². The van der Waals surface area contributed by atoms with Gasteiger partial charge < -0.3 is 29.1 Å². The van der Waals surface area contributed by atoms with E-state index in [1.54, 1.807) is 4.90 Å². The van der Waals surface area contributed by atoms with Crippen molar-refractivity contribution >= 4 is 17.7 Å². The number of nitrogens with one attached hydrogen (secondary N) is 1. The number of likely N-dealkylation sites (N-methyl/N-ethyl adjacent to an activating group) is 1. The number of aromatic nitrogens is 1. The number of aryl methyl sites for hydroxylation is 2. The van der Waals surface area contributed by atoms with Gasteiger partial charge in [0.15, 0.2) is 0 Å². The molecule has 0 radical (unpaired) electrons. The zero-order valence-corrected chi connectivity index (χ0v) is 24.4.